The van der Waals surface area contributed by atoms with Crippen LogP contribution in [0.4, 0.5) is 21.9 Å². The summed E-state index contributed by atoms with van der Waals surface area (Å²) in [4.78, 5) is 52.7. The minimum absolute atomic E-state index is 0.165. The lowest BCUT2D eigenvalue weighted by atomic mass is 10.0. The van der Waals surface area contributed by atoms with Crippen molar-refractivity contribution in [3.63, 3.8) is 0 Å². The van der Waals surface area contributed by atoms with E-state index in [0.717, 1.165) is 18.5 Å². The molecule has 3 rings (SSSR count). The molecule has 3 aromatic rings. The first-order chi connectivity index (χ1) is 20.2. The minimum atomic E-state index is -0.972. The molecular formula is C32H38N4O6. The van der Waals surface area contributed by atoms with Gasteiger partial charge in [-0.2, -0.15) is 0 Å². The largest absolute Gasteiger partial charge is 0.484 e. The molecule has 0 aromatic heterocycles. The number of likely N-dealkylation sites (N-methyl/N-ethyl adjacent to an activating group) is 1. The Hall–Kier alpha value is -4.86. The number of ether oxygens (including phenoxy) is 1. The number of nitrogens with zero attached hydrogens (tertiary/aromatic N) is 2. The van der Waals surface area contributed by atoms with E-state index in [1.165, 1.54) is 4.90 Å². The van der Waals surface area contributed by atoms with Crippen LogP contribution in [0.15, 0.2) is 78.9 Å². The lowest BCUT2D eigenvalue weighted by Crippen LogP contribution is -2.43. The fourth-order valence-electron chi connectivity index (χ4n) is 4.30. The molecule has 10 nitrogen and oxygen atoms in total. The summed E-state index contributed by atoms with van der Waals surface area (Å²) in [5.74, 6) is -0.823. The second-order valence-corrected chi connectivity index (χ2v) is 9.84. The Kier molecular flexibility index (Phi) is 11.9. The molecule has 222 valence electrons. The van der Waals surface area contributed by atoms with Crippen LogP contribution in [0.2, 0.25) is 0 Å². The summed E-state index contributed by atoms with van der Waals surface area (Å²) in [7, 11) is 1.68. The predicted octanol–water partition coefficient (Wildman–Crippen LogP) is 4.95. The van der Waals surface area contributed by atoms with Crippen molar-refractivity contribution in [1.29, 1.82) is 0 Å². The van der Waals surface area contributed by atoms with Crippen molar-refractivity contribution in [2.75, 3.05) is 41.9 Å². The number of hydrogen-bond acceptors (Lipinski definition) is 5. The van der Waals surface area contributed by atoms with Crippen LogP contribution in [0.1, 0.15) is 32.3 Å². The molecule has 0 radical (unpaired) electrons. The Morgan fingerprint density at radius 1 is 0.857 bits per heavy atom. The number of carbonyl (C=O) groups excluding carboxylic acids is 3. The van der Waals surface area contributed by atoms with Gasteiger partial charge in [-0.05, 0) is 47.9 Å². The third-order valence-corrected chi connectivity index (χ3v) is 6.85. The molecule has 0 aliphatic carbocycles. The number of amides is 4. The van der Waals surface area contributed by atoms with Gasteiger partial charge in [0.15, 0.2) is 6.61 Å². The van der Waals surface area contributed by atoms with E-state index in [9.17, 15) is 19.2 Å². The van der Waals surface area contributed by atoms with Gasteiger partial charge in [-0.3, -0.25) is 14.4 Å². The van der Waals surface area contributed by atoms with Crippen molar-refractivity contribution in [1.82, 2.24) is 5.32 Å². The van der Waals surface area contributed by atoms with Gasteiger partial charge in [0.2, 0.25) is 5.91 Å². The number of hydrogen-bond donors (Lipinski definition) is 3. The van der Waals surface area contributed by atoms with Gasteiger partial charge in [0.05, 0.1) is 13.0 Å². The molecule has 4 amide bonds. The van der Waals surface area contributed by atoms with E-state index in [0.29, 0.717) is 29.2 Å². The van der Waals surface area contributed by atoms with Crippen LogP contribution in [-0.2, 0) is 20.8 Å². The molecule has 0 unspecified atom stereocenters. The number of nitrogens with one attached hydrogen (secondary N) is 2. The van der Waals surface area contributed by atoms with Crippen molar-refractivity contribution >= 4 is 40.9 Å². The van der Waals surface area contributed by atoms with Crippen molar-refractivity contribution < 1.29 is 29.0 Å². The van der Waals surface area contributed by atoms with Gasteiger partial charge in [-0.15, -0.1) is 0 Å². The number of benzene rings is 3. The maximum Gasteiger partial charge on any atom is 0.319 e. The average Bonchev–Trinajstić information content (AvgIpc) is 2.99. The van der Waals surface area contributed by atoms with Gasteiger partial charge < -0.3 is 30.3 Å². The van der Waals surface area contributed by atoms with Gasteiger partial charge in [-0.25, -0.2) is 4.79 Å². The molecule has 10 heteroatoms. The number of carboxylic acids is 1. The minimum Gasteiger partial charge on any atom is -0.484 e. The zero-order chi connectivity index (χ0) is 30.5. The molecule has 0 heterocycles. The highest BCUT2D eigenvalue weighted by Crippen LogP contribution is 2.24. The van der Waals surface area contributed by atoms with Crippen LogP contribution in [0.25, 0.3) is 0 Å². The molecule has 0 spiro atoms. The summed E-state index contributed by atoms with van der Waals surface area (Å²) in [6.07, 6.45) is 1.58. The quantitative estimate of drug-likeness (QED) is 0.250. The molecule has 3 aromatic carbocycles. The molecule has 0 bridgehead atoms. The van der Waals surface area contributed by atoms with Gasteiger partial charge in [-0.1, -0.05) is 63.1 Å². The second kappa shape index (κ2) is 15.8. The molecule has 0 fully saturated rings. The number of carbonyl (C=O) groups is 4. The smallest absolute Gasteiger partial charge is 0.319 e. The topological polar surface area (TPSA) is 128 Å². The first-order valence-corrected chi connectivity index (χ1v) is 13.9. The first kappa shape index (κ1) is 31.7. The number of carboxylic acid groups (broad SMARTS) is 1. The highest BCUT2D eigenvalue weighted by atomic mass is 16.5. The number of aliphatic carboxylic acids is 1. The fourth-order valence-corrected chi connectivity index (χ4v) is 4.30. The maximum absolute atomic E-state index is 13.4. The lowest BCUT2D eigenvalue weighted by Gasteiger charge is -2.27. The van der Waals surface area contributed by atoms with Crippen LogP contribution in [0.3, 0.4) is 0 Å². The summed E-state index contributed by atoms with van der Waals surface area (Å²) in [6, 6.07) is 22.2. The first-order valence-electron chi connectivity index (χ1n) is 13.9. The van der Waals surface area contributed by atoms with Crippen LogP contribution in [0, 0.1) is 5.92 Å². The molecule has 0 aliphatic heterocycles. The van der Waals surface area contributed by atoms with Crippen molar-refractivity contribution in [3.8, 4) is 5.75 Å². The van der Waals surface area contributed by atoms with Crippen LogP contribution in [0.5, 0.6) is 5.75 Å². The van der Waals surface area contributed by atoms with E-state index in [1.54, 1.807) is 60.5 Å². The molecule has 0 aliphatic rings. The Bertz CT molecular complexity index is 1360. The van der Waals surface area contributed by atoms with Crippen LogP contribution < -0.4 is 25.2 Å². The van der Waals surface area contributed by atoms with Crippen LogP contribution >= 0.6 is 0 Å². The number of para-hydroxylation sites is 1. The second-order valence-electron chi connectivity index (χ2n) is 9.84. The summed E-state index contributed by atoms with van der Waals surface area (Å²) in [6.45, 7) is 4.15. The average molecular weight is 575 g/mol. The van der Waals surface area contributed by atoms with Gasteiger partial charge in [0.1, 0.15) is 5.75 Å². The summed E-state index contributed by atoms with van der Waals surface area (Å²) >= 11 is 0. The monoisotopic (exact) mass is 574 g/mol. The molecule has 0 atom stereocenters. The Morgan fingerprint density at radius 3 is 2.24 bits per heavy atom. The van der Waals surface area contributed by atoms with Gasteiger partial charge in [0.25, 0.3) is 5.91 Å². The Labute approximate surface area is 246 Å². The predicted molar refractivity (Wildman–Crippen MR) is 163 cm³/mol. The zero-order valence-electron chi connectivity index (χ0n) is 24.2. The Morgan fingerprint density at radius 2 is 1.55 bits per heavy atom. The van der Waals surface area contributed by atoms with E-state index in [2.05, 4.69) is 24.5 Å². The SMILES string of the molecule is CCC(CC)CN(C(=O)CNC(=O)Nc1cccc(CC(=O)O)c1)c1cccc(OCC(=O)N(C)c2ccccc2)c1. The molecule has 42 heavy (non-hydrogen) atoms. The van der Waals surface area contributed by atoms with E-state index < -0.39 is 12.0 Å². The van der Waals surface area contributed by atoms with Crippen molar-refractivity contribution in [3.05, 3.63) is 84.4 Å². The number of urea groups is 1. The zero-order valence-corrected chi connectivity index (χ0v) is 24.2. The normalized spacial score (nSPS) is 10.6. The summed E-state index contributed by atoms with van der Waals surface area (Å²) < 4.78 is 5.79. The van der Waals surface area contributed by atoms with E-state index >= 15 is 0 Å². The highest BCUT2D eigenvalue weighted by Gasteiger charge is 2.21. The van der Waals surface area contributed by atoms with Crippen molar-refractivity contribution in [2.24, 2.45) is 5.92 Å². The summed E-state index contributed by atoms with van der Waals surface area (Å²) in [5.41, 5.74) is 2.32. The lowest BCUT2D eigenvalue weighted by molar-refractivity contribution is -0.136. The van der Waals surface area contributed by atoms with Crippen LogP contribution in [-0.4, -0.2) is 55.7 Å². The Balaban J connectivity index is 1.66. The fraction of sp³-hybridized carbons (Fsp3) is 0.312. The maximum atomic E-state index is 13.4. The van der Waals surface area contributed by atoms with Gasteiger partial charge in [0, 0.05) is 36.7 Å². The highest BCUT2D eigenvalue weighted by molar-refractivity contribution is 5.99. The molecule has 0 saturated carbocycles. The summed E-state index contributed by atoms with van der Waals surface area (Å²) in [5, 5.41) is 14.2. The molecular weight excluding hydrogens is 536 g/mol. The number of rotatable bonds is 14. The third-order valence-electron chi connectivity index (χ3n) is 6.85. The van der Waals surface area contributed by atoms with Crippen molar-refractivity contribution in [2.45, 2.75) is 33.1 Å². The van der Waals surface area contributed by atoms with E-state index in [-0.39, 0.29) is 37.3 Å². The molecule has 0 saturated heterocycles. The van der Waals surface area contributed by atoms with E-state index in [1.807, 2.05) is 30.3 Å². The van der Waals surface area contributed by atoms with Gasteiger partial charge >= 0.3 is 12.0 Å². The van der Waals surface area contributed by atoms with E-state index in [4.69, 9.17) is 9.84 Å². The standard InChI is InChI=1S/C32H38N4O6/c1-4-23(5-2)21-36(29(37)20-33-32(41)34-25-12-9-11-24(17-25)18-31(39)40)27-15-10-16-28(19-27)42-22-30(38)35(3)26-13-7-6-8-14-26/h6-17,19,23H,4-5,18,20-22H2,1-3H3,(H,39,40)(H2,33,34,41). The number of anilines is 3. The third kappa shape index (κ3) is 9.65. The molecule has 3 N–H and O–H groups in total.